The predicted octanol–water partition coefficient (Wildman–Crippen LogP) is 3.55. The minimum atomic E-state index is 0.350. The first-order valence-corrected chi connectivity index (χ1v) is 7.50. The van der Waals surface area contributed by atoms with Crippen LogP contribution < -0.4 is 5.73 Å². The van der Waals surface area contributed by atoms with Crippen molar-refractivity contribution in [1.29, 1.82) is 0 Å². The monoisotopic (exact) mass is 281 g/mol. The predicted molar refractivity (Wildman–Crippen MR) is 84.8 cm³/mol. The lowest BCUT2D eigenvalue weighted by atomic mass is 10.1. The molecule has 20 heavy (non-hydrogen) atoms. The summed E-state index contributed by atoms with van der Waals surface area (Å²) in [6.45, 7) is 0. The lowest BCUT2D eigenvalue weighted by Gasteiger charge is -2.06. The molecule has 0 spiro atoms. The van der Waals surface area contributed by atoms with Crippen LogP contribution in [0.3, 0.4) is 0 Å². The Morgan fingerprint density at radius 2 is 1.65 bits per heavy atom. The van der Waals surface area contributed by atoms with Gasteiger partial charge in [-0.25, -0.2) is 9.97 Å². The molecule has 0 fully saturated rings. The standard InChI is InChI=1S/C16H15N3S/c17-16-18-14-9-5-4-8-13(14)15(19-16)10-11-20-12-6-2-1-3-7-12/h1-9H,10-11H2,(H2,17,18,19). The lowest BCUT2D eigenvalue weighted by Crippen LogP contribution is -2.02. The number of hydrogen-bond acceptors (Lipinski definition) is 4. The van der Waals surface area contributed by atoms with Gasteiger partial charge >= 0.3 is 0 Å². The molecular formula is C16H15N3S. The summed E-state index contributed by atoms with van der Waals surface area (Å²) in [5.41, 5.74) is 7.72. The summed E-state index contributed by atoms with van der Waals surface area (Å²) in [4.78, 5) is 9.92. The molecule has 0 aliphatic heterocycles. The van der Waals surface area contributed by atoms with E-state index in [0.29, 0.717) is 5.95 Å². The van der Waals surface area contributed by atoms with Gasteiger partial charge < -0.3 is 5.73 Å². The molecule has 3 nitrogen and oxygen atoms in total. The van der Waals surface area contributed by atoms with Crippen molar-refractivity contribution in [3.05, 3.63) is 60.3 Å². The number of aryl methyl sites for hydroxylation is 1. The van der Waals surface area contributed by atoms with Crippen LogP contribution >= 0.6 is 11.8 Å². The maximum Gasteiger partial charge on any atom is 0.220 e. The molecule has 1 heterocycles. The van der Waals surface area contributed by atoms with Gasteiger partial charge in [-0.1, -0.05) is 36.4 Å². The maximum absolute atomic E-state index is 5.78. The molecule has 3 aromatic rings. The topological polar surface area (TPSA) is 51.8 Å². The molecule has 0 atom stereocenters. The van der Waals surface area contributed by atoms with Crippen LogP contribution in [0, 0.1) is 0 Å². The van der Waals surface area contributed by atoms with Crippen molar-refractivity contribution >= 4 is 28.6 Å². The quantitative estimate of drug-likeness (QED) is 0.743. The molecule has 0 aliphatic rings. The number of fused-ring (bicyclic) bond motifs is 1. The van der Waals surface area contributed by atoms with E-state index in [2.05, 4.69) is 40.3 Å². The number of aromatic nitrogens is 2. The Morgan fingerprint density at radius 3 is 2.50 bits per heavy atom. The van der Waals surface area contributed by atoms with E-state index < -0.39 is 0 Å². The van der Waals surface area contributed by atoms with Crippen molar-refractivity contribution < 1.29 is 0 Å². The summed E-state index contributed by atoms with van der Waals surface area (Å²) in [5, 5.41) is 1.09. The van der Waals surface area contributed by atoms with E-state index in [1.165, 1.54) is 4.90 Å². The molecule has 2 N–H and O–H groups in total. The van der Waals surface area contributed by atoms with E-state index in [9.17, 15) is 0 Å². The van der Waals surface area contributed by atoms with Crippen LogP contribution in [0.25, 0.3) is 10.9 Å². The number of thioether (sulfide) groups is 1. The summed E-state index contributed by atoms with van der Waals surface area (Å²) >= 11 is 1.83. The fourth-order valence-electron chi connectivity index (χ4n) is 2.13. The lowest BCUT2D eigenvalue weighted by molar-refractivity contribution is 1.05. The zero-order valence-corrected chi connectivity index (χ0v) is 11.8. The average molecular weight is 281 g/mol. The van der Waals surface area contributed by atoms with Crippen LogP contribution in [-0.2, 0) is 6.42 Å². The summed E-state index contributed by atoms with van der Waals surface area (Å²) in [6, 6.07) is 18.4. The van der Waals surface area contributed by atoms with Crippen molar-refractivity contribution in [3.63, 3.8) is 0 Å². The number of benzene rings is 2. The third kappa shape index (κ3) is 2.91. The highest BCUT2D eigenvalue weighted by Crippen LogP contribution is 2.21. The van der Waals surface area contributed by atoms with Gasteiger partial charge in [0, 0.05) is 16.0 Å². The Kier molecular flexibility index (Phi) is 3.83. The molecule has 0 aliphatic carbocycles. The second-order valence-corrected chi connectivity index (χ2v) is 5.63. The number of nitrogens with two attached hydrogens (primary N) is 1. The van der Waals surface area contributed by atoms with Gasteiger partial charge in [-0.05, 0) is 24.6 Å². The molecule has 4 heteroatoms. The molecule has 3 rings (SSSR count). The van der Waals surface area contributed by atoms with E-state index in [4.69, 9.17) is 5.73 Å². The molecule has 100 valence electrons. The molecule has 2 aromatic carbocycles. The molecule has 0 saturated carbocycles. The maximum atomic E-state index is 5.78. The van der Waals surface area contributed by atoms with Gasteiger partial charge in [-0.3, -0.25) is 0 Å². The highest BCUT2D eigenvalue weighted by molar-refractivity contribution is 7.99. The molecule has 0 amide bonds. The number of rotatable bonds is 4. The second-order valence-electron chi connectivity index (χ2n) is 4.46. The minimum absolute atomic E-state index is 0.350. The minimum Gasteiger partial charge on any atom is -0.368 e. The Bertz CT molecular complexity index is 713. The summed E-state index contributed by atoms with van der Waals surface area (Å²) in [7, 11) is 0. The van der Waals surface area contributed by atoms with E-state index in [1.807, 2.05) is 36.0 Å². The number of nitrogens with zero attached hydrogens (tertiary/aromatic N) is 2. The van der Waals surface area contributed by atoms with E-state index >= 15 is 0 Å². The van der Waals surface area contributed by atoms with Crippen LogP contribution in [0.4, 0.5) is 5.95 Å². The number of para-hydroxylation sites is 1. The van der Waals surface area contributed by atoms with Crippen LogP contribution in [-0.4, -0.2) is 15.7 Å². The van der Waals surface area contributed by atoms with Crippen LogP contribution in [0.1, 0.15) is 5.69 Å². The molecular weight excluding hydrogens is 266 g/mol. The van der Waals surface area contributed by atoms with E-state index in [0.717, 1.165) is 28.8 Å². The highest BCUT2D eigenvalue weighted by Gasteiger charge is 2.05. The molecule has 0 unspecified atom stereocenters. The SMILES string of the molecule is Nc1nc(CCSc2ccccc2)c2ccccc2n1. The zero-order chi connectivity index (χ0) is 13.8. The largest absolute Gasteiger partial charge is 0.368 e. The Hall–Kier alpha value is -2.07. The van der Waals surface area contributed by atoms with Crippen molar-refractivity contribution in [2.24, 2.45) is 0 Å². The average Bonchev–Trinajstić information content (AvgIpc) is 2.48. The summed E-state index contributed by atoms with van der Waals surface area (Å²) in [5.74, 6) is 1.33. The van der Waals surface area contributed by atoms with Gasteiger partial charge in [0.15, 0.2) is 0 Å². The van der Waals surface area contributed by atoms with E-state index in [1.54, 1.807) is 0 Å². The van der Waals surface area contributed by atoms with Crippen molar-refractivity contribution in [3.8, 4) is 0 Å². The first kappa shape index (κ1) is 12.9. The van der Waals surface area contributed by atoms with Crippen LogP contribution in [0.15, 0.2) is 59.5 Å². The molecule has 1 aromatic heterocycles. The Balaban J connectivity index is 1.77. The zero-order valence-electron chi connectivity index (χ0n) is 11.0. The van der Waals surface area contributed by atoms with E-state index in [-0.39, 0.29) is 0 Å². The van der Waals surface area contributed by atoms with Gasteiger partial charge in [0.05, 0.1) is 11.2 Å². The first-order chi connectivity index (χ1) is 9.83. The van der Waals surface area contributed by atoms with Gasteiger partial charge in [0.2, 0.25) is 5.95 Å². The second kappa shape index (κ2) is 5.92. The van der Waals surface area contributed by atoms with Gasteiger partial charge in [-0.2, -0.15) is 0 Å². The molecule has 0 bridgehead atoms. The molecule has 0 radical (unpaired) electrons. The van der Waals surface area contributed by atoms with Gasteiger partial charge in [-0.15, -0.1) is 11.8 Å². The van der Waals surface area contributed by atoms with Crippen molar-refractivity contribution in [1.82, 2.24) is 9.97 Å². The first-order valence-electron chi connectivity index (χ1n) is 6.52. The molecule has 0 saturated heterocycles. The van der Waals surface area contributed by atoms with Crippen molar-refractivity contribution in [2.45, 2.75) is 11.3 Å². The Morgan fingerprint density at radius 1 is 0.900 bits per heavy atom. The highest BCUT2D eigenvalue weighted by atomic mass is 32.2. The van der Waals surface area contributed by atoms with Gasteiger partial charge in [0.1, 0.15) is 0 Å². The number of anilines is 1. The fraction of sp³-hybridized carbons (Fsp3) is 0.125. The Labute approximate surface area is 122 Å². The smallest absolute Gasteiger partial charge is 0.220 e. The number of nitrogen functional groups attached to an aromatic ring is 1. The summed E-state index contributed by atoms with van der Waals surface area (Å²) in [6.07, 6.45) is 0.882. The normalized spacial score (nSPS) is 10.8. The third-order valence-corrected chi connectivity index (χ3v) is 4.06. The van der Waals surface area contributed by atoms with Crippen molar-refractivity contribution in [2.75, 3.05) is 11.5 Å². The van der Waals surface area contributed by atoms with Gasteiger partial charge in [0.25, 0.3) is 0 Å². The number of hydrogen-bond donors (Lipinski definition) is 1. The van der Waals surface area contributed by atoms with Crippen LogP contribution in [0.2, 0.25) is 0 Å². The van der Waals surface area contributed by atoms with Crippen LogP contribution in [0.5, 0.6) is 0 Å². The summed E-state index contributed by atoms with van der Waals surface area (Å²) < 4.78 is 0. The third-order valence-electron chi connectivity index (χ3n) is 3.05. The fourth-order valence-corrected chi connectivity index (χ4v) is 3.02.